The number of halogens is 1. The summed E-state index contributed by atoms with van der Waals surface area (Å²) >= 11 is 0. The highest BCUT2D eigenvalue weighted by Crippen LogP contribution is 2.32. The maximum atomic E-state index is 13.1. The fourth-order valence-corrected chi connectivity index (χ4v) is 2.40. The van der Waals surface area contributed by atoms with E-state index < -0.39 is 5.97 Å². The average Bonchev–Trinajstić information content (AvgIpc) is 2.93. The number of imidazole rings is 1. The van der Waals surface area contributed by atoms with Gasteiger partial charge in [0.15, 0.2) is 11.3 Å². The number of ether oxygens (including phenoxy) is 1. The Hall–Kier alpha value is -2.96. The van der Waals surface area contributed by atoms with E-state index in [2.05, 4.69) is 9.97 Å². The molecule has 0 aliphatic heterocycles. The zero-order valence-corrected chi connectivity index (χ0v) is 12.6. The van der Waals surface area contributed by atoms with Gasteiger partial charge in [0.2, 0.25) is 5.88 Å². The van der Waals surface area contributed by atoms with E-state index in [0.717, 1.165) is 0 Å². The predicted octanol–water partition coefficient (Wildman–Crippen LogP) is 2.73. The van der Waals surface area contributed by atoms with E-state index in [4.69, 9.17) is 4.74 Å². The molecule has 1 aromatic carbocycles. The van der Waals surface area contributed by atoms with E-state index in [-0.39, 0.29) is 29.6 Å². The molecule has 6 nitrogen and oxygen atoms in total. The van der Waals surface area contributed by atoms with Crippen LogP contribution in [-0.4, -0.2) is 32.1 Å². The van der Waals surface area contributed by atoms with Crippen LogP contribution < -0.4 is 0 Å². The van der Waals surface area contributed by atoms with Crippen LogP contribution in [0, 0.1) is 12.7 Å². The van der Waals surface area contributed by atoms with Crippen LogP contribution in [0.1, 0.15) is 23.1 Å². The molecule has 0 bridgehead atoms. The molecule has 0 fully saturated rings. The minimum Gasteiger partial charge on any atom is -0.494 e. The highest BCUT2D eigenvalue weighted by atomic mass is 19.1. The smallest absolute Gasteiger partial charge is 0.360 e. The van der Waals surface area contributed by atoms with Gasteiger partial charge in [-0.2, -0.15) is 0 Å². The normalized spacial score (nSPS) is 10.9. The van der Waals surface area contributed by atoms with Gasteiger partial charge in [0.05, 0.1) is 17.9 Å². The number of hydrogen-bond acceptors (Lipinski definition) is 5. The number of aromatic hydroxyl groups is 1. The Morgan fingerprint density at radius 1 is 1.35 bits per heavy atom. The number of carbonyl (C=O) groups excluding carboxylic acids is 1. The van der Waals surface area contributed by atoms with Crippen LogP contribution in [0.2, 0.25) is 0 Å². The minimum atomic E-state index is -0.601. The fraction of sp³-hybridized carbons (Fsp3) is 0.188. The Morgan fingerprint density at radius 3 is 2.70 bits per heavy atom. The van der Waals surface area contributed by atoms with Gasteiger partial charge < -0.3 is 9.84 Å². The summed E-state index contributed by atoms with van der Waals surface area (Å²) in [4.78, 5) is 20.2. The van der Waals surface area contributed by atoms with Crippen molar-refractivity contribution in [2.75, 3.05) is 6.61 Å². The molecule has 0 amide bonds. The van der Waals surface area contributed by atoms with Crippen LogP contribution in [0.25, 0.3) is 16.8 Å². The van der Waals surface area contributed by atoms with E-state index in [1.807, 2.05) is 0 Å². The summed E-state index contributed by atoms with van der Waals surface area (Å²) in [5.41, 5.74) is 1.81. The molecule has 3 rings (SSSR count). The number of rotatable bonds is 3. The van der Waals surface area contributed by atoms with E-state index >= 15 is 0 Å². The first kappa shape index (κ1) is 15.0. The number of esters is 1. The second-order valence-corrected chi connectivity index (χ2v) is 4.91. The van der Waals surface area contributed by atoms with E-state index in [0.29, 0.717) is 16.8 Å². The average molecular weight is 315 g/mol. The maximum Gasteiger partial charge on any atom is 0.360 e. The Balaban J connectivity index is 2.19. The van der Waals surface area contributed by atoms with Gasteiger partial charge in [0.1, 0.15) is 12.1 Å². The second-order valence-electron chi connectivity index (χ2n) is 4.91. The molecular weight excluding hydrogens is 301 g/mol. The Kier molecular flexibility index (Phi) is 3.69. The van der Waals surface area contributed by atoms with Crippen molar-refractivity contribution in [3.63, 3.8) is 0 Å². The van der Waals surface area contributed by atoms with Gasteiger partial charge in [-0.25, -0.2) is 19.2 Å². The largest absolute Gasteiger partial charge is 0.494 e. The highest BCUT2D eigenvalue weighted by molar-refractivity contribution is 5.94. The number of aromatic nitrogens is 3. The molecule has 0 atom stereocenters. The lowest BCUT2D eigenvalue weighted by Crippen LogP contribution is -2.07. The van der Waals surface area contributed by atoms with E-state index in [1.165, 1.54) is 22.9 Å². The summed E-state index contributed by atoms with van der Waals surface area (Å²) in [5.74, 6) is -1.09. The fourth-order valence-electron chi connectivity index (χ4n) is 2.40. The van der Waals surface area contributed by atoms with Crippen molar-refractivity contribution in [2.24, 2.45) is 0 Å². The number of nitrogens with zero attached hydrogens (tertiary/aromatic N) is 3. The van der Waals surface area contributed by atoms with Crippen molar-refractivity contribution in [1.82, 2.24) is 14.4 Å². The molecule has 0 unspecified atom stereocenters. The molecule has 0 aliphatic carbocycles. The number of carbonyl (C=O) groups is 1. The number of aryl methyl sites for hydroxylation is 1. The summed E-state index contributed by atoms with van der Waals surface area (Å²) in [6.07, 6.45) is 1.30. The van der Waals surface area contributed by atoms with Crippen molar-refractivity contribution >= 4 is 11.6 Å². The molecule has 7 heteroatoms. The monoisotopic (exact) mass is 315 g/mol. The molecule has 2 aromatic heterocycles. The predicted molar refractivity (Wildman–Crippen MR) is 80.7 cm³/mol. The van der Waals surface area contributed by atoms with E-state index in [9.17, 15) is 14.3 Å². The molecule has 0 aliphatic rings. The first-order chi connectivity index (χ1) is 11.0. The first-order valence-electron chi connectivity index (χ1n) is 7.02. The van der Waals surface area contributed by atoms with Crippen molar-refractivity contribution in [3.05, 3.63) is 47.8 Å². The van der Waals surface area contributed by atoms with Gasteiger partial charge in [-0.15, -0.1) is 0 Å². The molecule has 0 radical (unpaired) electrons. The second kappa shape index (κ2) is 5.68. The van der Waals surface area contributed by atoms with Crippen LogP contribution in [0.5, 0.6) is 5.88 Å². The summed E-state index contributed by atoms with van der Waals surface area (Å²) in [6, 6.07) is 5.70. The molecule has 0 saturated heterocycles. The lowest BCUT2D eigenvalue weighted by Gasteiger charge is -2.10. The van der Waals surface area contributed by atoms with Crippen LogP contribution in [-0.2, 0) is 4.74 Å². The van der Waals surface area contributed by atoms with Crippen LogP contribution in [0.4, 0.5) is 4.39 Å². The zero-order chi connectivity index (χ0) is 16.6. The lowest BCUT2D eigenvalue weighted by molar-refractivity contribution is 0.0522. The van der Waals surface area contributed by atoms with Gasteiger partial charge in [-0.05, 0) is 31.5 Å². The van der Waals surface area contributed by atoms with Gasteiger partial charge in [-0.1, -0.05) is 12.1 Å². The van der Waals surface area contributed by atoms with Gasteiger partial charge in [-0.3, -0.25) is 4.40 Å². The quantitative estimate of drug-likeness (QED) is 0.752. The molecular formula is C16H14FN3O3. The van der Waals surface area contributed by atoms with Crippen molar-refractivity contribution < 1.29 is 19.0 Å². The SMILES string of the molecule is CCOC(=O)c1ncn2c(O)c(-c3ccc(F)cc3)c(C)nc12. The maximum absolute atomic E-state index is 13.1. The van der Waals surface area contributed by atoms with Crippen molar-refractivity contribution in [2.45, 2.75) is 13.8 Å². The van der Waals surface area contributed by atoms with Crippen LogP contribution >= 0.6 is 0 Å². The standard InChI is InChI=1S/C16H14FN3O3/c1-3-23-16(22)13-14-19-9(2)12(15(21)20(14)8-18-13)10-4-6-11(17)7-5-10/h4-8,21H,3H2,1-2H3. The Morgan fingerprint density at radius 2 is 2.04 bits per heavy atom. The third-order valence-electron chi connectivity index (χ3n) is 3.43. The molecule has 23 heavy (non-hydrogen) atoms. The molecule has 3 aromatic rings. The molecule has 2 heterocycles. The zero-order valence-electron chi connectivity index (χ0n) is 12.6. The topological polar surface area (TPSA) is 76.7 Å². The number of benzene rings is 1. The summed E-state index contributed by atoms with van der Waals surface area (Å²) in [6.45, 7) is 3.61. The van der Waals surface area contributed by atoms with Gasteiger partial charge >= 0.3 is 5.97 Å². The molecule has 0 saturated carbocycles. The number of fused-ring (bicyclic) bond motifs is 1. The summed E-state index contributed by atoms with van der Waals surface area (Å²) in [5, 5.41) is 10.5. The molecule has 1 N–H and O–H groups in total. The summed E-state index contributed by atoms with van der Waals surface area (Å²) in [7, 11) is 0. The minimum absolute atomic E-state index is 0.0379. The van der Waals surface area contributed by atoms with Crippen molar-refractivity contribution in [1.29, 1.82) is 0 Å². The van der Waals surface area contributed by atoms with Crippen LogP contribution in [0.15, 0.2) is 30.6 Å². The Bertz CT molecular complexity index is 888. The van der Waals surface area contributed by atoms with Gasteiger partial charge in [0, 0.05) is 0 Å². The van der Waals surface area contributed by atoms with Gasteiger partial charge in [0.25, 0.3) is 0 Å². The highest BCUT2D eigenvalue weighted by Gasteiger charge is 2.21. The Labute approximate surface area is 131 Å². The molecule has 0 spiro atoms. The first-order valence-corrected chi connectivity index (χ1v) is 7.02. The summed E-state index contributed by atoms with van der Waals surface area (Å²) < 4.78 is 19.3. The third kappa shape index (κ3) is 2.50. The van der Waals surface area contributed by atoms with Crippen molar-refractivity contribution in [3.8, 4) is 17.0 Å². The number of hydrogen-bond donors (Lipinski definition) is 1. The van der Waals surface area contributed by atoms with Crippen LogP contribution in [0.3, 0.4) is 0 Å². The lowest BCUT2D eigenvalue weighted by atomic mass is 10.1. The van der Waals surface area contributed by atoms with E-state index in [1.54, 1.807) is 26.0 Å². The molecule has 118 valence electrons. The third-order valence-corrected chi connectivity index (χ3v) is 3.43.